The zero-order chi connectivity index (χ0) is 15.2. The molecule has 1 aromatic rings. The van der Waals surface area contributed by atoms with Crippen LogP contribution < -0.4 is 10.6 Å². The minimum atomic E-state index is -0.240. The summed E-state index contributed by atoms with van der Waals surface area (Å²) in [6, 6.07) is 6.93. The second kappa shape index (κ2) is 6.75. The number of carbonyl (C=O) groups excluding carboxylic acids is 1. The Kier molecular flexibility index (Phi) is 4.77. The van der Waals surface area contributed by atoms with Crippen LogP contribution in [0.1, 0.15) is 18.4 Å². The van der Waals surface area contributed by atoms with E-state index in [1.54, 1.807) is 29.4 Å². The normalized spacial score (nSPS) is 13.8. The third-order valence-corrected chi connectivity index (χ3v) is 3.05. The Morgan fingerprint density at radius 1 is 1.52 bits per heavy atom. The van der Waals surface area contributed by atoms with E-state index in [1.165, 1.54) is 12.8 Å². The summed E-state index contributed by atoms with van der Waals surface area (Å²) in [7, 11) is 3.71. The van der Waals surface area contributed by atoms with Crippen LogP contribution in [-0.2, 0) is 0 Å². The molecule has 0 atom stereocenters. The van der Waals surface area contributed by atoms with Crippen molar-refractivity contribution in [2.45, 2.75) is 12.8 Å². The lowest BCUT2D eigenvalue weighted by atomic mass is 10.2. The van der Waals surface area contributed by atoms with E-state index in [0.717, 1.165) is 0 Å². The van der Waals surface area contributed by atoms with E-state index < -0.39 is 0 Å². The first-order valence-corrected chi connectivity index (χ1v) is 6.88. The molecule has 6 heteroatoms. The molecule has 2 N–H and O–H groups in total. The second-order valence-electron chi connectivity index (χ2n) is 5.33. The van der Waals surface area contributed by atoms with E-state index in [9.17, 15) is 4.79 Å². The van der Waals surface area contributed by atoms with Gasteiger partial charge in [0.25, 0.3) is 0 Å². The monoisotopic (exact) mass is 285 g/mol. The summed E-state index contributed by atoms with van der Waals surface area (Å²) < 4.78 is 0. The first-order chi connectivity index (χ1) is 10.1. The van der Waals surface area contributed by atoms with Crippen molar-refractivity contribution in [2.75, 3.05) is 26.0 Å². The minimum absolute atomic E-state index is 0.240. The maximum atomic E-state index is 11.7. The van der Waals surface area contributed by atoms with Gasteiger partial charge in [-0.3, -0.25) is 0 Å². The van der Waals surface area contributed by atoms with E-state index in [2.05, 4.69) is 21.7 Å². The molecule has 6 nitrogen and oxygen atoms in total. The molecule has 2 rings (SSSR count). The van der Waals surface area contributed by atoms with Gasteiger partial charge in [0.05, 0.1) is 17.6 Å². The van der Waals surface area contributed by atoms with Gasteiger partial charge in [0.1, 0.15) is 6.07 Å². The molecule has 21 heavy (non-hydrogen) atoms. The lowest BCUT2D eigenvalue weighted by Gasteiger charge is -2.08. The summed E-state index contributed by atoms with van der Waals surface area (Å²) in [5.41, 5.74) is 1.59. The molecule has 1 fully saturated rings. The summed E-state index contributed by atoms with van der Waals surface area (Å²) >= 11 is 0. The fraction of sp³-hybridized carbons (Fsp3) is 0.400. The molecule has 0 bridgehead atoms. The van der Waals surface area contributed by atoms with Gasteiger partial charge in [0.15, 0.2) is 0 Å². The predicted molar refractivity (Wildman–Crippen MR) is 82.7 cm³/mol. The highest BCUT2D eigenvalue weighted by Crippen LogP contribution is 2.27. The topological polar surface area (TPSA) is 80.5 Å². The molecule has 0 aromatic heterocycles. The number of amides is 2. The molecule has 0 saturated heterocycles. The van der Waals surface area contributed by atoms with Crippen LogP contribution in [0, 0.1) is 17.2 Å². The zero-order valence-corrected chi connectivity index (χ0v) is 12.3. The van der Waals surface area contributed by atoms with Crippen molar-refractivity contribution in [1.29, 1.82) is 5.26 Å². The maximum absolute atomic E-state index is 11.7. The standard InChI is InChI=1S/C15H19N5O/c1-20(2)10-18-14-6-5-13(7-12(14)8-16)19-15(21)17-9-11-3-4-11/h5-7,10-11H,3-4,9H2,1-2H3,(H2,17,19,21)/b18-10+. The SMILES string of the molecule is CN(C)/C=N/c1ccc(NC(=O)NCC2CC2)cc1C#N. The average molecular weight is 285 g/mol. The number of urea groups is 1. The van der Waals surface area contributed by atoms with Crippen molar-refractivity contribution in [1.82, 2.24) is 10.2 Å². The van der Waals surface area contributed by atoms with Gasteiger partial charge in [-0.25, -0.2) is 9.79 Å². The van der Waals surface area contributed by atoms with Crippen molar-refractivity contribution in [3.63, 3.8) is 0 Å². The van der Waals surface area contributed by atoms with E-state index in [1.807, 2.05) is 14.1 Å². The van der Waals surface area contributed by atoms with Crippen LogP contribution in [0.3, 0.4) is 0 Å². The molecule has 1 aromatic carbocycles. The van der Waals surface area contributed by atoms with Crippen LogP contribution in [0.15, 0.2) is 23.2 Å². The molecule has 2 amide bonds. The summed E-state index contributed by atoms with van der Waals surface area (Å²) in [4.78, 5) is 17.7. The van der Waals surface area contributed by atoms with Crippen LogP contribution in [0.25, 0.3) is 0 Å². The smallest absolute Gasteiger partial charge is 0.319 e. The van der Waals surface area contributed by atoms with Gasteiger partial charge >= 0.3 is 6.03 Å². The highest BCUT2D eigenvalue weighted by molar-refractivity contribution is 5.89. The van der Waals surface area contributed by atoms with Crippen molar-refractivity contribution >= 4 is 23.7 Å². The number of carbonyl (C=O) groups is 1. The van der Waals surface area contributed by atoms with E-state index in [4.69, 9.17) is 5.26 Å². The Hall–Kier alpha value is -2.55. The molecule has 0 radical (unpaired) electrons. The van der Waals surface area contributed by atoms with E-state index >= 15 is 0 Å². The van der Waals surface area contributed by atoms with Crippen LogP contribution >= 0.6 is 0 Å². The van der Waals surface area contributed by atoms with Crippen LogP contribution in [0.2, 0.25) is 0 Å². The molecule has 0 heterocycles. The van der Waals surface area contributed by atoms with Crippen molar-refractivity contribution in [3.8, 4) is 6.07 Å². The van der Waals surface area contributed by atoms with Crippen LogP contribution in [-0.4, -0.2) is 37.9 Å². The van der Waals surface area contributed by atoms with Gasteiger partial charge < -0.3 is 15.5 Å². The fourth-order valence-corrected chi connectivity index (χ4v) is 1.73. The van der Waals surface area contributed by atoms with Gasteiger partial charge in [0.2, 0.25) is 0 Å². The Labute approximate surface area is 124 Å². The van der Waals surface area contributed by atoms with Crippen molar-refractivity contribution < 1.29 is 4.79 Å². The Bertz CT molecular complexity index is 584. The number of aliphatic imine (C=N–C) groups is 1. The first kappa shape index (κ1) is 14.9. The van der Waals surface area contributed by atoms with Crippen molar-refractivity contribution in [3.05, 3.63) is 23.8 Å². The average Bonchev–Trinajstić information content (AvgIpc) is 3.27. The lowest BCUT2D eigenvalue weighted by molar-refractivity contribution is 0.251. The number of nitrogens with zero attached hydrogens (tertiary/aromatic N) is 3. The Morgan fingerprint density at radius 3 is 2.90 bits per heavy atom. The summed E-state index contributed by atoms with van der Waals surface area (Å²) in [5, 5.41) is 14.7. The van der Waals surface area contributed by atoms with Crippen molar-refractivity contribution in [2.24, 2.45) is 10.9 Å². The number of nitriles is 1. The molecule has 1 aliphatic rings. The third-order valence-electron chi connectivity index (χ3n) is 3.05. The molecule has 1 aliphatic carbocycles. The number of benzene rings is 1. The zero-order valence-electron chi connectivity index (χ0n) is 12.3. The third kappa shape index (κ3) is 4.80. The highest BCUT2D eigenvalue weighted by Gasteiger charge is 2.21. The largest absolute Gasteiger partial charge is 0.369 e. The first-order valence-electron chi connectivity index (χ1n) is 6.88. The minimum Gasteiger partial charge on any atom is -0.369 e. The number of hydrogen-bond acceptors (Lipinski definition) is 3. The van der Waals surface area contributed by atoms with Crippen LogP contribution in [0.4, 0.5) is 16.2 Å². The van der Waals surface area contributed by atoms with Gasteiger partial charge in [-0.15, -0.1) is 0 Å². The molecule has 0 spiro atoms. The number of anilines is 1. The molecular weight excluding hydrogens is 266 g/mol. The highest BCUT2D eigenvalue weighted by atomic mass is 16.2. The maximum Gasteiger partial charge on any atom is 0.319 e. The van der Waals surface area contributed by atoms with Gasteiger partial charge in [0, 0.05) is 26.3 Å². The lowest BCUT2D eigenvalue weighted by Crippen LogP contribution is -2.30. The Balaban J connectivity index is 2.00. The number of nitrogens with one attached hydrogen (secondary N) is 2. The van der Waals surface area contributed by atoms with Gasteiger partial charge in [-0.1, -0.05) is 0 Å². The number of rotatable bonds is 5. The van der Waals surface area contributed by atoms with E-state index in [0.29, 0.717) is 29.4 Å². The second-order valence-corrected chi connectivity index (χ2v) is 5.33. The van der Waals surface area contributed by atoms with Gasteiger partial charge in [-0.05, 0) is 37.0 Å². The predicted octanol–water partition coefficient (Wildman–Crippen LogP) is 2.31. The Morgan fingerprint density at radius 2 is 2.29 bits per heavy atom. The molecule has 0 aliphatic heterocycles. The number of hydrogen-bond donors (Lipinski definition) is 2. The van der Waals surface area contributed by atoms with Gasteiger partial charge in [-0.2, -0.15) is 5.26 Å². The molecule has 1 saturated carbocycles. The molecule has 110 valence electrons. The summed E-state index contributed by atoms with van der Waals surface area (Å²) in [5.74, 6) is 0.633. The van der Waals surface area contributed by atoms with E-state index in [-0.39, 0.29) is 6.03 Å². The summed E-state index contributed by atoms with van der Waals surface area (Å²) in [6.45, 7) is 0.710. The molecular formula is C15H19N5O. The molecule has 0 unspecified atom stereocenters. The van der Waals surface area contributed by atoms with Crippen LogP contribution in [0.5, 0.6) is 0 Å². The summed E-state index contributed by atoms with van der Waals surface area (Å²) in [6.07, 6.45) is 4.01. The fourth-order valence-electron chi connectivity index (χ4n) is 1.73. The quantitative estimate of drug-likeness (QED) is 0.643.